The zero-order valence-electron chi connectivity index (χ0n) is 10.8. The van der Waals surface area contributed by atoms with Crippen LogP contribution in [0.15, 0.2) is 24.5 Å². The Kier molecular flexibility index (Phi) is 3.28. The van der Waals surface area contributed by atoms with E-state index < -0.39 is 0 Å². The lowest BCUT2D eigenvalue weighted by Gasteiger charge is -2.17. The zero-order chi connectivity index (χ0) is 13.1. The molecule has 2 rings (SSSR count). The summed E-state index contributed by atoms with van der Waals surface area (Å²) in [5.41, 5.74) is 2.60. The van der Waals surface area contributed by atoms with Crippen LogP contribution in [0.1, 0.15) is 16.8 Å². The molecule has 0 fully saturated rings. The van der Waals surface area contributed by atoms with Gasteiger partial charge in [0, 0.05) is 38.1 Å². The fraction of sp³-hybridized carbons (Fsp3) is 0.308. The van der Waals surface area contributed by atoms with E-state index in [1.807, 2.05) is 38.3 Å². The Bertz CT molecular complexity index is 594. The van der Waals surface area contributed by atoms with Crippen molar-refractivity contribution in [1.82, 2.24) is 14.8 Å². The number of hydrogen-bond acceptors (Lipinski definition) is 4. The number of aryl methyl sites for hydroxylation is 2. The molecule has 0 aliphatic carbocycles. The van der Waals surface area contributed by atoms with E-state index in [0.29, 0.717) is 5.56 Å². The molecule has 0 spiro atoms. The van der Waals surface area contributed by atoms with Crippen LogP contribution in [0.3, 0.4) is 0 Å². The van der Waals surface area contributed by atoms with Crippen molar-refractivity contribution in [2.75, 3.05) is 11.9 Å². The fourth-order valence-corrected chi connectivity index (χ4v) is 1.82. The molecule has 0 aromatic carbocycles. The SMILES string of the molecule is Cc1cc(C#N)cc(N(C)Cc2cnn(C)c2)n1. The van der Waals surface area contributed by atoms with Crippen molar-refractivity contribution in [1.29, 1.82) is 5.26 Å². The first-order valence-electron chi connectivity index (χ1n) is 5.66. The third-order valence-corrected chi connectivity index (χ3v) is 2.64. The maximum Gasteiger partial charge on any atom is 0.130 e. The number of aromatic nitrogens is 3. The average molecular weight is 241 g/mol. The van der Waals surface area contributed by atoms with E-state index in [1.54, 1.807) is 16.8 Å². The summed E-state index contributed by atoms with van der Waals surface area (Å²) < 4.78 is 1.77. The first-order chi connectivity index (χ1) is 8.58. The van der Waals surface area contributed by atoms with Gasteiger partial charge < -0.3 is 4.90 Å². The van der Waals surface area contributed by atoms with Crippen molar-refractivity contribution in [3.8, 4) is 6.07 Å². The lowest BCUT2D eigenvalue weighted by molar-refractivity contribution is 0.766. The first-order valence-corrected chi connectivity index (χ1v) is 5.66. The molecule has 2 aromatic heterocycles. The van der Waals surface area contributed by atoms with Crippen molar-refractivity contribution in [3.63, 3.8) is 0 Å². The second-order valence-corrected chi connectivity index (χ2v) is 4.35. The zero-order valence-corrected chi connectivity index (χ0v) is 10.8. The third-order valence-electron chi connectivity index (χ3n) is 2.64. The van der Waals surface area contributed by atoms with Crippen LogP contribution >= 0.6 is 0 Å². The predicted octanol–water partition coefficient (Wildman–Crippen LogP) is 1.63. The van der Waals surface area contributed by atoms with Gasteiger partial charge >= 0.3 is 0 Å². The lowest BCUT2D eigenvalue weighted by atomic mass is 10.2. The Labute approximate surface area is 106 Å². The summed E-state index contributed by atoms with van der Waals surface area (Å²) in [6, 6.07) is 5.72. The van der Waals surface area contributed by atoms with Crippen molar-refractivity contribution < 1.29 is 0 Å². The van der Waals surface area contributed by atoms with Gasteiger partial charge in [-0.1, -0.05) is 0 Å². The average Bonchev–Trinajstić information content (AvgIpc) is 2.73. The van der Waals surface area contributed by atoms with Crippen LogP contribution in [-0.2, 0) is 13.6 Å². The molecule has 5 heteroatoms. The van der Waals surface area contributed by atoms with E-state index in [-0.39, 0.29) is 0 Å². The minimum atomic E-state index is 0.635. The van der Waals surface area contributed by atoms with Crippen molar-refractivity contribution in [3.05, 3.63) is 41.3 Å². The standard InChI is InChI=1S/C13H15N5/c1-10-4-11(6-14)5-13(16-10)17(2)8-12-7-15-18(3)9-12/h4-5,7,9H,8H2,1-3H3. The molecule has 0 amide bonds. The Morgan fingerprint density at radius 1 is 1.44 bits per heavy atom. The topological polar surface area (TPSA) is 57.7 Å². The van der Waals surface area contributed by atoms with Gasteiger partial charge in [0.25, 0.3) is 0 Å². The molecule has 0 aliphatic rings. The molecule has 92 valence electrons. The van der Waals surface area contributed by atoms with Crippen molar-refractivity contribution in [2.45, 2.75) is 13.5 Å². The van der Waals surface area contributed by atoms with Gasteiger partial charge in [-0.25, -0.2) is 4.98 Å². The molecule has 0 atom stereocenters. The van der Waals surface area contributed by atoms with Gasteiger partial charge in [0.2, 0.25) is 0 Å². The molecule has 0 radical (unpaired) electrons. The second kappa shape index (κ2) is 4.88. The molecule has 2 aromatic rings. The third kappa shape index (κ3) is 2.66. The number of anilines is 1. The number of hydrogen-bond donors (Lipinski definition) is 0. The quantitative estimate of drug-likeness (QED) is 0.819. The van der Waals surface area contributed by atoms with Gasteiger partial charge in [-0.15, -0.1) is 0 Å². The summed E-state index contributed by atoms with van der Waals surface area (Å²) in [7, 11) is 3.85. The summed E-state index contributed by atoms with van der Waals surface area (Å²) in [6.07, 6.45) is 3.80. The number of nitrogens with zero attached hydrogens (tertiary/aromatic N) is 5. The highest BCUT2D eigenvalue weighted by atomic mass is 15.2. The monoisotopic (exact) mass is 241 g/mol. The van der Waals surface area contributed by atoms with Crippen LogP contribution < -0.4 is 4.90 Å². The van der Waals surface area contributed by atoms with Crippen molar-refractivity contribution in [2.24, 2.45) is 7.05 Å². The molecule has 5 nitrogen and oxygen atoms in total. The minimum absolute atomic E-state index is 0.635. The van der Waals surface area contributed by atoms with Crippen LogP contribution in [0.2, 0.25) is 0 Å². The van der Waals surface area contributed by atoms with E-state index in [4.69, 9.17) is 5.26 Å². The van der Waals surface area contributed by atoms with Gasteiger partial charge in [0.1, 0.15) is 5.82 Å². The fourth-order valence-electron chi connectivity index (χ4n) is 1.82. The Balaban J connectivity index is 2.21. The maximum atomic E-state index is 8.95. The number of nitriles is 1. The minimum Gasteiger partial charge on any atom is -0.355 e. The molecule has 2 heterocycles. The van der Waals surface area contributed by atoms with Crippen LogP contribution in [-0.4, -0.2) is 21.8 Å². The largest absolute Gasteiger partial charge is 0.355 e. The second-order valence-electron chi connectivity index (χ2n) is 4.35. The summed E-state index contributed by atoms with van der Waals surface area (Å²) in [4.78, 5) is 6.44. The van der Waals surface area contributed by atoms with Gasteiger partial charge in [-0.2, -0.15) is 10.4 Å². The van der Waals surface area contributed by atoms with E-state index in [1.165, 1.54) is 0 Å². The van der Waals surface area contributed by atoms with Gasteiger partial charge in [-0.3, -0.25) is 4.68 Å². The highest BCUT2D eigenvalue weighted by molar-refractivity contribution is 5.46. The number of rotatable bonds is 3. The highest BCUT2D eigenvalue weighted by Crippen LogP contribution is 2.15. The van der Waals surface area contributed by atoms with E-state index in [2.05, 4.69) is 16.2 Å². The van der Waals surface area contributed by atoms with E-state index in [0.717, 1.165) is 23.6 Å². The van der Waals surface area contributed by atoms with Crippen LogP contribution in [0.5, 0.6) is 0 Å². The van der Waals surface area contributed by atoms with Gasteiger partial charge in [0.05, 0.1) is 17.8 Å². The molecule has 0 N–H and O–H groups in total. The molecule has 0 aliphatic heterocycles. The van der Waals surface area contributed by atoms with E-state index >= 15 is 0 Å². The van der Waals surface area contributed by atoms with Gasteiger partial charge in [-0.05, 0) is 19.1 Å². The molecular formula is C13H15N5. The molecule has 0 saturated heterocycles. The first kappa shape index (κ1) is 12.1. The van der Waals surface area contributed by atoms with Gasteiger partial charge in [0.15, 0.2) is 0 Å². The smallest absolute Gasteiger partial charge is 0.130 e. The number of pyridine rings is 1. The summed E-state index contributed by atoms with van der Waals surface area (Å²) in [5.74, 6) is 0.801. The van der Waals surface area contributed by atoms with E-state index in [9.17, 15) is 0 Å². The maximum absolute atomic E-state index is 8.95. The van der Waals surface area contributed by atoms with Crippen LogP contribution in [0.4, 0.5) is 5.82 Å². The molecule has 0 bridgehead atoms. The normalized spacial score (nSPS) is 10.1. The molecular weight excluding hydrogens is 226 g/mol. The summed E-state index contributed by atoms with van der Waals surface area (Å²) in [6.45, 7) is 2.61. The summed E-state index contributed by atoms with van der Waals surface area (Å²) >= 11 is 0. The lowest BCUT2D eigenvalue weighted by Crippen LogP contribution is -2.17. The Morgan fingerprint density at radius 3 is 2.83 bits per heavy atom. The predicted molar refractivity (Wildman–Crippen MR) is 69.0 cm³/mol. The molecule has 0 unspecified atom stereocenters. The Hall–Kier alpha value is -2.35. The summed E-state index contributed by atoms with van der Waals surface area (Å²) in [5, 5.41) is 13.1. The molecule has 18 heavy (non-hydrogen) atoms. The van der Waals surface area contributed by atoms with Crippen LogP contribution in [0, 0.1) is 18.3 Å². The van der Waals surface area contributed by atoms with Crippen LogP contribution in [0.25, 0.3) is 0 Å². The Morgan fingerprint density at radius 2 is 2.22 bits per heavy atom. The molecule has 0 saturated carbocycles. The van der Waals surface area contributed by atoms with Crippen molar-refractivity contribution >= 4 is 5.82 Å². The highest BCUT2D eigenvalue weighted by Gasteiger charge is 2.07.